The maximum atomic E-state index is 12.0. The van der Waals surface area contributed by atoms with Crippen LogP contribution in [-0.2, 0) is 7.05 Å². The molecule has 0 fully saturated rings. The molecule has 2 heterocycles. The average molecular weight is 360 g/mol. The first-order chi connectivity index (χ1) is 9.38. The maximum Gasteiger partial charge on any atom is 0.287 e. The van der Waals surface area contributed by atoms with Gasteiger partial charge in [-0.2, -0.15) is 0 Å². The van der Waals surface area contributed by atoms with Crippen molar-refractivity contribution in [1.29, 1.82) is 0 Å². The van der Waals surface area contributed by atoms with Crippen LogP contribution >= 0.6 is 27.5 Å². The van der Waals surface area contributed by atoms with E-state index in [9.17, 15) is 14.9 Å². The lowest BCUT2D eigenvalue weighted by atomic mass is 10.3. The number of pyridine rings is 1. The number of hydrogen-bond acceptors (Lipinski definition) is 4. The lowest BCUT2D eigenvalue weighted by Gasteiger charge is -2.06. The van der Waals surface area contributed by atoms with E-state index in [1.54, 1.807) is 13.1 Å². The van der Waals surface area contributed by atoms with Crippen LogP contribution in [0.3, 0.4) is 0 Å². The van der Waals surface area contributed by atoms with Gasteiger partial charge in [-0.05, 0) is 22.0 Å². The van der Waals surface area contributed by atoms with Gasteiger partial charge in [-0.25, -0.2) is 4.98 Å². The second kappa shape index (κ2) is 5.59. The maximum absolute atomic E-state index is 12.0. The third kappa shape index (κ3) is 2.97. The highest BCUT2D eigenvalue weighted by molar-refractivity contribution is 9.10. The van der Waals surface area contributed by atoms with Gasteiger partial charge >= 0.3 is 0 Å². The van der Waals surface area contributed by atoms with Crippen LogP contribution in [-0.4, -0.2) is 20.4 Å². The highest BCUT2D eigenvalue weighted by Gasteiger charge is 2.17. The number of nitrogens with zero attached hydrogens (tertiary/aromatic N) is 3. The van der Waals surface area contributed by atoms with E-state index in [0.717, 1.165) is 0 Å². The SMILES string of the molecule is Cn1cc([N+](=O)[O-])cc1C(=O)Nc1cnc(Cl)c(Br)c1. The molecular weight excluding hydrogens is 352 g/mol. The summed E-state index contributed by atoms with van der Waals surface area (Å²) < 4.78 is 1.92. The van der Waals surface area contributed by atoms with Gasteiger partial charge in [0.2, 0.25) is 0 Å². The number of halogens is 2. The number of rotatable bonds is 3. The molecule has 0 spiro atoms. The summed E-state index contributed by atoms with van der Waals surface area (Å²) in [6.07, 6.45) is 2.66. The Balaban J connectivity index is 2.23. The second-order valence-corrected chi connectivity index (χ2v) is 5.11. The summed E-state index contributed by atoms with van der Waals surface area (Å²) in [7, 11) is 1.55. The van der Waals surface area contributed by atoms with E-state index in [0.29, 0.717) is 10.2 Å². The number of carbonyl (C=O) groups is 1. The number of carbonyl (C=O) groups excluding carboxylic acids is 1. The Labute approximate surface area is 126 Å². The molecule has 0 aliphatic heterocycles. The molecule has 1 N–H and O–H groups in total. The molecule has 0 unspecified atom stereocenters. The lowest BCUT2D eigenvalue weighted by molar-refractivity contribution is -0.384. The van der Waals surface area contributed by atoms with E-state index in [4.69, 9.17) is 11.6 Å². The normalized spacial score (nSPS) is 10.3. The van der Waals surface area contributed by atoms with Crippen LogP contribution in [0.2, 0.25) is 5.15 Å². The Kier molecular flexibility index (Phi) is 4.05. The first kappa shape index (κ1) is 14.5. The molecule has 2 aromatic rings. The van der Waals surface area contributed by atoms with Crippen molar-refractivity contribution in [1.82, 2.24) is 9.55 Å². The van der Waals surface area contributed by atoms with Crippen molar-refractivity contribution >= 4 is 44.8 Å². The molecule has 20 heavy (non-hydrogen) atoms. The van der Waals surface area contributed by atoms with Crippen LogP contribution < -0.4 is 5.32 Å². The summed E-state index contributed by atoms with van der Waals surface area (Å²) in [5.41, 5.74) is 0.450. The standard InChI is InChI=1S/C11H8BrClN4O3/c1-16-5-7(17(19)20)3-9(16)11(18)15-6-2-8(12)10(13)14-4-6/h2-5H,1H3,(H,15,18). The van der Waals surface area contributed by atoms with Crippen LogP contribution in [0, 0.1) is 10.1 Å². The minimum atomic E-state index is -0.558. The van der Waals surface area contributed by atoms with E-state index in [2.05, 4.69) is 26.2 Å². The summed E-state index contributed by atoms with van der Waals surface area (Å²) >= 11 is 8.94. The van der Waals surface area contributed by atoms with Gasteiger partial charge in [0.15, 0.2) is 0 Å². The highest BCUT2D eigenvalue weighted by Crippen LogP contribution is 2.23. The van der Waals surface area contributed by atoms with Gasteiger partial charge in [-0.3, -0.25) is 14.9 Å². The second-order valence-electron chi connectivity index (χ2n) is 3.90. The molecule has 104 valence electrons. The van der Waals surface area contributed by atoms with Crippen molar-refractivity contribution in [2.24, 2.45) is 7.05 Å². The smallest absolute Gasteiger partial charge is 0.287 e. The third-order valence-corrected chi connectivity index (χ3v) is 3.62. The van der Waals surface area contributed by atoms with E-state index in [-0.39, 0.29) is 16.5 Å². The summed E-state index contributed by atoms with van der Waals surface area (Å²) in [4.78, 5) is 26.0. The number of nitro groups is 1. The van der Waals surface area contributed by atoms with Gasteiger partial charge in [0.05, 0.1) is 27.5 Å². The van der Waals surface area contributed by atoms with Crippen molar-refractivity contribution in [3.05, 3.63) is 50.0 Å². The van der Waals surface area contributed by atoms with Crippen LogP contribution in [0.15, 0.2) is 29.0 Å². The molecule has 0 aromatic carbocycles. The molecule has 0 atom stereocenters. The van der Waals surface area contributed by atoms with E-state index in [1.807, 2.05) is 0 Å². The fourth-order valence-electron chi connectivity index (χ4n) is 1.56. The van der Waals surface area contributed by atoms with Gasteiger partial charge in [-0.1, -0.05) is 11.6 Å². The number of aryl methyl sites for hydroxylation is 1. The highest BCUT2D eigenvalue weighted by atomic mass is 79.9. The lowest BCUT2D eigenvalue weighted by Crippen LogP contribution is -2.15. The van der Waals surface area contributed by atoms with Gasteiger partial charge < -0.3 is 9.88 Å². The van der Waals surface area contributed by atoms with Gasteiger partial charge in [0.1, 0.15) is 10.8 Å². The van der Waals surface area contributed by atoms with E-state index < -0.39 is 10.8 Å². The third-order valence-electron chi connectivity index (χ3n) is 2.49. The molecule has 7 nitrogen and oxygen atoms in total. The number of aromatic nitrogens is 2. The number of hydrogen-bond donors (Lipinski definition) is 1. The summed E-state index contributed by atoms with van der Waals surface area (Å²) in [5.74, 6) is -0.475. The molecule has 0 saturated carbocycles. The predicted molar refractivity (Wildman–Crippen MR) is 77.0 cm³/mol. The quantitative estimate of drug-likeness (QED) is 0.518. The van der Waals surface area contributed by atoms with Crippen LogP contribution in [0.4, 0.5) is 11.4 Å². The van der Waals surface area contributed by atoms with Gasteiger partial charge in [0, 0.05) is 13.1 Å². The zero-order chi connectivity index (χ0) is 14.9. The van der Waals surface area contributed by atoms with Crippen molar-refractivity contribution in [2.75, 3.05) is 5.32 Å². The molecule has 0 saturated heterocycles. The van der Waals surface area contributed by atoms with Crippen LogP contribution in [0.25, 0.3) is 0 Å². The molecule has 1 amide bonds. The van der Waals surface area contributed by atoms with Crippen molar-refractivity contribution in [2.45, 2.75) is 0 Å². The number of anilines is 1. The molecular formula is C11H8BrClN4O3. The molecule has 9 heteroatoms. The fraction of sp³-hybridized carbons (Fsp3) is 0.0909. The first-order valence-corrected chi connectivity index (χ1v) is 6.48. The molecule has 0 aliphatic rings. The molecule has 2 aromatic heterocycles. The monoisotopic (exact) mass is 358 g/mol. The molecule has 0 aliphatic carbocycles. The molecule has 2 rings (SSSR count). The molecule has 0 bridgehead atoms. The Hall–Kier alpha value is -1.93. The first-order valence-electron chi connectivity index (χ1n) is 5.31. The zero-order valence-corrected chi connectivity index (χ0v) is 12.5. The Morgan fingerprint density at radius 1 is 1.55 bits per heavy atom. The van der Waals surface area contributed by atoms with Crippen LogP contribution in [0.5, 0.6) is 0 Å². The zero-order valence-electron chi connectivity index (χ0n) is 10.1. The summed E-state index contributed by atoms with van der Waals surface area (Å²) in [5, 5.41) is 13.5. The topological polar surface area (TPSA) is 90.1 Å². The minimum absolute atomic E-state index is 0.145. The van der Waals surface area contributed by atoms with E-state index >= 15 is 0 Å². The van der Waals surface area contributed by atoms with Gasteiger partial charge in [-0.15, -0.1) is 0 Å². The largest absolute Gasteiger partial charge is 0.340 e. The average Bonchev–Trinajstić information content (AvgIpc) is 2.76. The van der Waals surface area contributed by atoms with Crippen molar-refractivity contribution < 1.29 is 9.72 Å². The minimum Gasteiger partial charge on any atom is -0.340 e. The predicted octanol–water partition coefficient (Wildman–Crippen LogP) is 3.00. The number of amides is 1. The van der Waals surface area contributed by atoms with Gasteiger partial charge in [0.25, 0.3) is 11.6 Å². The Morgan fingerprint density at radius 3 is 2.80 bits per heavy atom. The van der Waals surface area contributed by atoms with Crippen LogP contribution in [0.1, 0.15) is 10.5 Å². The summed E-state index contributed by atoms with van der Waals surface area (Å²) in [6, 6.07) is 2.79. The molecule has 0 radical (unpaired) electrons. The van der Waals surface area contributed by atoms with Crippen molar-refractivity contribution in [3.8, 4) is 0 Å². The van der Waals surface area contributed by atoms with Crippen molar-refractivity contribution in [3.63, 3.8) is 0 Å². The number of nitrogens with one attached hydrogen (secondary N) is 1. The van der Waals surface area contributed by atoms with E-state index in [1.165, 1.54) is 23.0 Å². The Bertz CT molecular complexity index is 701. The summed E-state index contributed by atoms with van der Waals surface area (Å²) in [6.45, 7) is 0. The Morgan fingerprint density at radius 2 is 2.25 bits per heavy atom. The fourth-order valence-corrected chi connectivity index (χ4v) is 2.01.